The molecule has 3 N–H and O–H groups in total. The van der Waals surface area contributed by atoms with E-state index in [9.17, 15) is 9.59 Å². The van der Waals surface area contributed by atoms with Crippen LogP contribution in [0.4, 0.5) is 11.4 Å². The Labute approximate surface area is 156 Å². The van der Waals surface area contributed by atoms with Crippen molar-refractivity contribution in [1.82, 2.24) is 4.90 Å². The number of benzene rings is 1. The van der Waals surface area contributed by atoms with Crippen molar-refractivity contribution in [3.8, 4) is 5.75 Å². The van der Waals surface area contributed by atoms with Gasteiger partial charge >= 0.3 is 0 Å². The van der Waals surface area contributed by atoms with E-state index in [2.05, 4.69) is 19.2 Å². The van der Waals surface area contributed by atoms with E-state index in [1.54, 1.807) is 25.3 Å². The van der Waals surface area contributed by atoms with Gasteiger partial charge in [-0.1, -0.05) is 13.8 Å². The number of amides is 2. The maximum atomic E-state index is 12.1. The molecule has 0 saturated heterocycles. The van der Waals surface area contributed by atoms with Crippen LogP contribution in [0.3, 0.4) is 0 Å². The average molecular weight is 372 g/mol. The van der Waals surface area contributed by atoms with Crippen molar-refractivity contribution in [3.63, 3.8) is 0 Å². The Balaban J connectivity index is 0.00000576. The zero-order valence-electron chi connectivity index (χ0n) is 15.3. The van der Waals surface area contributed by atoms with Crippen LogP contribution in [-0.2, 0) is 9.59 Å². The van der Waals surface area contributed by atoms with Crippen molar-refractivity contribution in [2.45, 2.75) is 46.0 Å². The van der Waals surface area contributed by atoms with Crippen LogP contribution in [0, 0.1) is 0 Å². The molecule has 1 rings (SSSR count). The Kier molecular flexibility index (Phi) is 11.4. The standard InChI is InChI=1S/C18H29N3O3.ClH/c1-4-11-21(12-5-2)18(23)8-6-7-17(22)20-14-9-10-16(24-3)15(19)13-14;/h9-10,13H,4-8,11-12,19H2,1-3H3,(H,20,22);1H. The van der Waals surface area contributed by atoms with Gasteiger partial charge in [-0.25, -0.2) is 0 Å². The van der Waals surface area contributed by atoms with Crippen LogP contribution < -0.4 is 15.8 Å². The molecule has 1 aromatic rings. The van der Waals surface area contributed by atoms with Crippen molar-refractivity contribution in [3.05, 3.63) is 18.2 Å². The first-order valence-electron chi connectivity index (χ1n) is 8.52. The molecule has 0 radical (unpaired) electrons. The van der Waals surface area contributed by atoms with Gasteiger partial charge in [0.1, 0.15) is 5.75 Å². The lowest BCUT2D eigenvalue weighted by Gasteiger charge is -2.21. The summed E-state index contributed by atoms with van der Waals surface area (Å²) in [6, 6.07) is 5.11. The van der Waals surface area contributed by atoms with Crippen LogP contribution in [0.2, 0.25) is 0 Å². The molecule has 142 valence electrons. The minimum absolute atomic E-state index is 0. The number of ether oxygens (including phenoxy) is 1. The number of methoxy groups -OCH3 is 1. The lowest BCUT2D eigenvalue weighted by molar-refractivity contribution is -0.131. The van der Waals surface area contributed by atoms with Crippen LogP contribution in [0.5, 0.6) is 5.75 Å². The smallest absolute Gasteiger partial charge is 0.224 e. The molecular formula is C18H30ClN3O3. The van der Waals surface area contributed by atoms with Gasteiger partial charge in [-0.05, 0) is 37.5 Å². The third kappa shape index (κ3) is 8.12. The summed E-state index contributed by atoms with van der Waals surface area (Å²) in [6.45, 7) is 5.68. The van der Waals surface area contributed by atoms with Crippen LogP contribution in [0.25, 0.3) is 0 Å². The van der Waals surface area contributed by atoms with Crippen molar-refractivity contribution in [2.75, 3.05) is 31.2 Å². The number of nitrogens with two attached hydrogens (primary N) is 1. The number of nitrogens with one attached hydrogen (secondary N) is 1. The second kappa shape index (κ2) is 12.4. The van der Waals surface area contributed by atoms with Crippen LogP contribution >= 0.6 is 12.4 Å². The first-order valence-corrected chi connectivity index (χ1v) is 8.52. The molecule has 2 amide bonds. The highest BCUT2D eigenvalue weighted by Gasteiger charge is 2.12. The highest BCUT2D eigenvalue weighted by Crippen LogP contribution is 2.24. The zero-order chi connectivity index (χ0) is 17.9. The molecule has 0 aromatic heterocycles. The summed E-state index contributed by atoms with van der Waals surface area (Å²) in [7, 11) is 1.54. The van der Waals surface area contributed by atoms with Gasteiger partial charge in [-0.3, -0.25) is 9.59 Å². The summed E-state index contributed by atoms with van der Waals surface area (Å²) < 4.78 is 5.08. The SMILES string of the molecule is CCCN(CCC)C(=O)CCCC(=O)Nc1ccc(OC)c(N)c1.Cl. The number of hydrogen-bond donors (Lipinski definition) is 2. The zero-order valence-corrected chi connectivity index (χ0v) is 16.2. The Morgan fingerprint density at radius 2 is 1.80 bits per heavy atom. The molecule has 0 aliphatic carbocycles. The summed E-state index contributed by atoms with van der Waals surface area (Å²) in [5, 5.41) is 2.79. The van der Waals surface area contributed by atoms with Crippen molar-refractivity contribution < 1.29 is 14.3 Å². The number of hydrogen-bond acceptors (Lipinski definition) is 4. The van der Waals surface area contributed by atoms with Gasteiger partial charge in [0, 0.05) is 31.6 Å². The van der Waals surface area contributed by atoms with Gasteiger partial charge in [0.2, 0.25) is 11.8 Å². The minimum atomic E-state index is -0.120. The molecular weight excluding hydrogens is 342 g/mol. The molecule has 0 aliphatic rings. The number of halogens is 1. The maximum Gasteiger partial charge on any atom is 0.224 e. The summed E-state index contributed by atoms with van der Waals surface area (Å²) >= 11 is 0. The number of anilines is 2. The predicted octanol–water partition coefficient (Wildman–Crippen LogP) is 3.46. The van der Waals surface area contributed by atoms with Gasteiger partial charge < -0.3 is 20.7 Å². The van der Waals surface area contributed by atoms with Gasteiger partial charge in [0.15, 0.2) is 0 Å². The van der Waals surface area contributed by atoms with E-state index in [4.69, 9.17) is 10.5 Å². The monoisotopic (exact) mass is 371 g/mol. The number of nitrogen functional groups attached to an aromatic ring is 1. The first kappa shape index (κ1) is 23.1. The Morgan fingerprint density at radius 3 is 2.32 bits per heavy atom. The highest BCUT2D eigenvalue weighted by molar-refractivity contribution is 5.91. The third-order valence-electron chi connectivity index (χ3n) is 3.65. The fourth-order valence-electron chi connectivity index (χ4n) is 2.49. The Morgan fingerprint density at radius 1 is 1.16 bits per heavy atom. The molecule has 0 heterocycles. The number of nitrogens with zero attached hydrogens (tertiary/aromatic N) is 1. The second-order valence-electron chi connectivity index (χ2n) is 5.74. The van der Waals surface area contributed by atoms with Gasteiger partial charge in [0.05, 0.1) is 12.8 Å². The molecule has 0 aliphatic heterocycles. The molecule has 0 fully saturated rings. The minimum Gasteiger partial charge on any atom is -0.495 e. The fourth-order valence-corrected chi connectivity index (χ4v) is 2.49. The quantitative estimate of drug-likeness (QED) is 0.617. The van der Waals surface area contributed by atoms with E-state index >= 15 is 0 Å². The average Bonchev–Trinajstić information content (AvgIpc) is 2.54. The fraction of sp³-hybridized carbons (Fsp3) is 0.556. The lowest BCUT2D eigenvalue weighted by Crippen LogP contribution is -2.32. The van der Waals surface area contributed by atoms with Crippen molar-refractivity contribution >= 4 is 35.6 Å². The predicted molar refractivity (Wildman–Crippen MR) is 104 cm³/mol. The summed E-state index contributed by atoms with van der Waals surface area (Å²) in [4.78, 5) is 26.0. The summed E-state index contributed by atoms with van der Waals surface area (Å²) in [5.74, 6) is 0.579. The van der Waals surface area contributed by atoms with E-state index in [1.807, 2.05) is 4.90 Å². The Hall–Kier alpha value is -1.95. The van der Waals surface area contributed by atoms with Gasteiger partial charge in [-0.15, -0.1) is 12.4 Å². The van der Waals surface area contributed by atoms with Crippen LogP contribution in [0.15, 0.2) is 18.2 Å². The number of rotatable bonds is 10. The first-order chi connectivity index (χ1) is 11.5. The van der Waals surface area contributed by atoms with E-state index in [0.29, 0.717) is 36.4 Å². The summed E-state index contributed by atoms with van der Waals surface area (Å²) in [5.41, 5.74) is 6.91. The molecule has 1 aromatic carbocycles. The molecule has 0 atom stereocenters. The van der Waals surface area contributed by atoms with E-state index < -0.39 is 0 Å². The molecule has 7 heteroatoms. The molecule has 6 nitrogen and oxygen atoms in total. The van der Waals surface area contributed by atoms with Crippen LogP contribution in [-0.4, -0.2) is 36.9 Å². The lowest BCUT2D eigenvalue weighted by atomic mass is 10.2. The molecule has 0 bridgehead atoms. The molecule has 25 heavy (non-hydrogen) atoms. The van der Waals surface area contributed by atoms with Crippen LogP contribution in [0.1, 0.15) is 46.0 Å². The molecule has 0 saturated carbocycles. The molecule has 0 spiro atoms. The largest absolute Gasteiger partial charge is 0.495 e. The second-order valence-corrected chi connectivity index (χ2v) is 5.74. The van der Waals surface area contributed by atoms with Gasteiger partial charge in [0.25, 0.3) is 0 Å². The van der Waals surface area contributed by atoms with Gasteiger partial charge in [-0.2, -0.15) is 0 Å². The number of carbonyl (C=O) groups excluding carboxylic acids is 2. The topological polar surface area (TPSA) is 84.7 Å². The van der Waals surface area contributed by atoms with E-state index in [1.165, 1.54) is 0 Å². The van der Waals surface area contributed by atoms with E-state index in [0.717, 1.165) is 25.9 Å². The van der Waals surface area contributed by atoms with Crippen molar-refractivity contribution in [2.24, 2.45) is 0 Å². The van der Waals surface area contributed by atoms with Crippen molar-refractivity contribution in [1.29, 1.82) is 0 Å². The van der Waals surface area contributed by atoms with E-state index in [-0.39, 0.29) is 24.2 Å². The highest BCUT2D eigenvalue weighted by atomic mass is 35.5. The normalized spacial score (nSPS) is 9.88. The Bertz CT molecular complexity index is 546. The maximum absolute atomic E-state index is 12.1. The number of carbonyl (C=O) groups is 2. The molecule has 0 unspecified atom stereocenters. The third-order valence-corrected chi connectivity index (χ3v) is 3.65. The summed E-state index contributed by atoms with van der Waals surface area (Å²) in [6.07, 6.45) is 3.15.